The lowest BCUT2D eigenvalue weighted by Gasteiger charge is -2.18. The molecule has 1 aromatic heterocycles. The number of pyridine rings is 1. The molecule has 1 aliphatic rings. The molecule has 0 bridgehead atoms. The summed E-state index contributed by atoms with van der Waals surface area (Å²) >= 11 is 0. The number of hydrogen-bond acceptors (Lipinski definition) is 3. The topological polar surface area (TPSA) is 65.5 Å². The molecule has 0 aliphatic carbocycles. The third-order valence-electron chi connectivity index (χ3n) is 4.48. The molecule has 29 heavy (non-hydrogen) atoms. The SMILES string of the molecule is O=C(Nc1ccc(N2CCN(c3ccccc3)C2=O)nc1)c1cc(F)cc(F)c1. The molecule has 1 fully saturated rings. The first kappa shape index (κ1) is 18.5. The van der Waals surface area contributed by atoms with Crippen LogP contribution in [0.15, 0.2) is 66.9 Å². The normalized spacial score (nSPS) is 13.7. The van der Waals surface area contributed by atoms with E-state index in [0.29, 0.717) is 30.7 Å². The second-order valence-corrected chi connectivity index (χ2v) is 6.44. The van der Waals surface area contributed by atoms with Gasteiger partial charge in [0.25, 0.3) is 5.91 Å². The van der Waals surface area contributed by atoms with Gasteiger partial charge < -0.3 is 5.32 Å². The fraction of sp³-hybridized carbons (Fsp3) is 0.0952. The van der Waals surface area contributed by atoms with Crippen molar-refractivity contribution >= 4 is 29.1 Å². The Labute approximate surface area is 165 Å². The third-order valence-corrected chi connectivity index (χ3v) is 4.48. The summed E-state index contributed by atoms with van der Waals surface area (Å²) in [6, 6.07) is 14.9. The van der Waals surface area contributed by atoms with Gasteiger partial charge in [0.05, 0.1) is 11.9 Å². The number of hydrogen-bond donors (Lipinski definition) is 1. The van der Waals surface area contributed by atoms with Crippen LogP contribution in [0.25, 0.3) is 0 Å². The minimum absolute atomic E-state index is 0.139. The smallest absolute Gasteiger partial charge is 0.321 e. The molecule has 3 aromatic rings. The lowest BCUT2D eigenvalue weighted by atomic mass is 10.2. The molecule has 0 atom stereocenters. The maximum absolute atomic E-state index is 13.3. The van der Waals surface area contributed by atoms with Crippen LogP contribution in [0.1, 0.15) is 10.4 Å². The zero-order valence-electron chi connectivity index (χ0n) is 15.2. The Kier molecular flexibility index (Phi) is 4.90. The molecular formula is C21H16F2N4O2. The van der Waals surface area contributed by atoms with E-state index in [1.165, 1.54) is 6.20 Å². The van der Waals surface area contributed by atoms with Crippen LogP contribution in [-0.2, 0) is 0 Å². The van der Waals surface area contributed by atoms with Gasteiger partial charge in [-0.05, 0) is 36.4 Å². The van der Waals surface area contributed by atoms with Crippen molar-refractivity contribution < 1.29 is 18.4 Å². The van der Waals surface area contributed by atoms with Crippen LogP contribution >= 0.6 is 0 Å². The van der Waals surface area contributed by atoms with Gasteiger partial charge in [0.1, 0.15) is 17.5 Å². The Balaban J connectivity index is 1.45. The zero-order valence-corrected chi connectivity index (χ0v) is 15.2. The second-order valence-electron chi connectivity index (χ2n) is 6.44. The van der Waals surface area contributed by atoms with Gasteiger partial charge in [-0.1, -0.05) is 18.2 Å². The van der Waals surface area contributed by atoms with Crippen LogP contribution in [-0.4, -0.2) is 30.0 Å². The summed E-state index contributed by atoms with van der Waals surface area (Å²) < 4.78 is 26.5. The quantitative estimate of drug-likeness (QED) is 0.726. The van der Waals surface area contributed by atoms with Gasteiger partial charge >= 0.3 is 6.03 Å². The third kappa shape index (κ3) is 3.91. The molecule has 1 saturated heterocycles. The molecule has 146 valence electrons. The Hall–Kier alpha value is -3.81. The van der Waals surface area contributed by atoms with Crippen molar-refractivity contribution in [1.29, 1.82) is 0 Å². The maximum Gasteiger partial charge on any atom is 0.330 e. The Morgan fingerprint density at radius 3 is 2.28 bits per heavy atom. The van der Waals surface area contributed by atoms with E-state index in [-0.39, 0.29) is 11.6 Å². The van der Waals surface area contributed by atoms with E-state index in [1.807, 2.05) is 30.3 Å². The molecule has 2 aromatic carbocycles. The fourth-order valence-electron chi connectivity index (χ4n) is 3.10. The van der Waals surface area contributed by atoms with Gasteiger partial charge in [-0.2, -0.15) is 0 Å². The van der Waals surface area contributed by atoms with E-state index in [2.05, 4.69) is 10.3 Å². The summed E-state index contributed by atoms with van der Waals surface area (Å²) in [5, 5.41) is 2.53. The van der Waals surface area contributed by atoms with Crippen LogP contribution in [0.2, 0.25) is 0 Å². The highest BCUT2D eigenvalue weighted by atomic mass is 19.1. The number of carbonyl (C=O) groups excluding carboxylic acids is 2. The first-order chi connectivity index (χ1) is 14.0. The van der Waals surface area contributed by atoms with E-state index in [9.17, 15) is 18.4 Å². The molecular weight excluding hydrogens is 378 g/mol. The second kappa shape index (κ2) is 7.67. The van der Waals surface area contributed by atoms with Gasteiger partial charge in [-0.15, -0.1) is 0 Å². The number of halogens is 2. The number of carbonyl (C=O) groups is 2. The van der Waals surface area contributed by atoms with E-state index in [1.54, 1.807) is 21.9 Å². The van der Waals surface area contributed by atoms with E-state index in [4.69, 9.17) is 0 Å². The predicted octanol–water partition coefficient (Wildman–Crippen LogP) is 4.06. The van der Waals surface area contributed by atoms with Crippen molar-refractivity contribution in [1.82, 2.24) is 4.98 Å². The van der Waals surface area contributed by atoms with Gasteiger partial charge in [-0.25, -0.2) is 18.6 Å². The average Bonchev–Trinajstić information content (AvgIpc) is 3.10. The number of amides is 3. The van der Waals surface area contributed by atoms with Gasteiger partial charge in [0.15, 0.2) is 0 Å². The Bertz CT molecular complexity index is 1040. The molecule has 0 radical (unpaired) electrons. The van der Waals surface area contributed by atoms with E-state index in [0.717, 1.165) is 17.8 Å². The molecule has 0 saturated carbocycles. The number of benzene rings is 2. The standard InChI is InChI=1S/C21H16F2N4O2/c22-15-10-14(11-16(23)12-15)20(28)25-17-6-7-19(24-13-17)27-9-8-26(21(27)29)18-4-2-1-3-5-18/h1-7,10-13H,8-9H2,(H,25,28). The lowest BCUT2D eigenvalue weighted by Crippen LogP contribution is -2.32. The summed E-state index contributed by atoms with van der Waals surface area (Å²) in [5.74, 6) is -1.88. The monoisotopic (exact) mass is 394 g/mol. The molecule has 0 unspecified atom stereocenters. The summed E-state index contributed by atoms with van der Waals surface area (Å²) in [6.45, 7) is 1.02. The highest BCUT2D eigenvalue weighted by molar-refractivity contribution is 6.06. The number of aromatic nitrogens is 1. The summed E-state index contributed by atoms with van der Waals surface area (Å²) in [7, 11) is 0. The van der Waals surface area contributed by atoms with Crippen LogP contribution in [0.5, 0.6) is 0 Å². The van der Waals surface area contributed by atoms with Crippen molar-refractivity contribution in [2.45, 2.75) is 0 Å². The van der Waals surface area contributed by atoms with Crippen molar-refractivity contribution in [2.24, 2.45) is 0 Å². The molecule has 6 nitrogen and oxygen atoms in total. The van der Waals surface area contributed by atoms with E-state index >= 15 is 0 Å². The molecule has 3 amide bonds. The van der Waals surface area contributed by atoms with E-state index < -0.39 is 17.5 Å². The van der Waals surface area contributed by atoms with Gasteiger partial charge in [0.2, 0.25) is 0 Å². The van der Waals surface area contributed by atoms with Crippen LogP contribution in [0.4, 0.5) is 30.8 Å². The Morgan fingerprint density at radius 2 is 1.62 bits per heavy atom. The van der Waals surface area contributed by atoms with Crippen molar-refractivity contribution in [3.05, 3.63) is 84.1 Å². The molecule has 1 aliphatic heterocycles. The summed E-state index contributed by atoms with van der Waals surface area (Å²) in [5.41, 5.74) is 1.01. The first-order valence-electron chi connectivity index (χ1n) is 8.89. The minimum atomic E-state index is -0.834. The van der Waals surface area contributed by atoms with Crippen molar-refractivity contribution in [2.75, 3.05) is 28.2 Å². The summed E-state index contributed by atoms with van der Waals surface area (Å²) in [4.78, 5) is 32.3. The minimum Gasteiger partial charge on any atom is -0.321 e. The van der Waals surface area contributed by atoms with Gasteiger partial charge in [0, 0.05) is 30.4 Å². The number of urea groups is 1. The summed E-state index contributed by atoms with van der Waals surface area (Å²) in [6.07, 6.45) is 1.39. The van der Waals surface area contributed by atoms with Crippen LogP contribution in [0.3, 0.4) is 0 Å². The lowest BCUT2D eigenvalue weighted by molar-refractivity contribution is 0.102. The number of nitrogens with one attached hydrogen (secondary N) is 1. The van der Waals surface area contributed by atoms with Crippen molar-refractivity contribution in [3.63, 3.8) is 0 Å². The highest BCUT2D eigenvalue weighted by Crippen LogP contribution is 2.24. The van der Waals surface area contributed by atoms with Crippen LogP contribution < -0.4 is 15.1 Å². The van der Waals surface area contributed by atoms with Crippen molar-refractivity contribution in [3.8, 4) is 0 Å². The number of nitrogens with zero attached hydrogens (tertiary/aromatic N) is 3. The molecule has 0 spiro atoms. The largest absolute Gasteiger partial charge is 0.330 e. The predicted molar refractivity (Wildman–Crippen MR) is 105 cm³/mol. The first-order valence-corrected chi connectivity index (χ1v) is 8.89. The Morgan fingerprint density at radius 1 is 0.931 bits per heavy atom. The number of rotatable bonds is 4. The zero-order chi connectivity index (χ0) is 20.4. The molecule has 4 rings (SSSR count). The number of anilines is 3. The molecule has 8 heteroatoms. The fourth-order valence-corrected chi connectivity index (χ4v) is 3.10. The average molecular weight is 394 g/mol. The molecule has 1 N–H and O–H groups in total. The molecule has 2 heterocycles. The highest BCUT2D eigenvalue weighted by Gasteiger charge is 2.31. The number of para-hydroxylation sites is 1. The maximum atomic E-state index is 13.3. The van der Waals surface area contributed by atoms with Crippen LogP contribution in [0, 0.1) is 11.6 Å². The van der Waals surface area contributed by atoms with Gasteiger partial charge in [-0.3, -0.25) is 14.6 Å².